The molecule has 178 valence electrons. The van der Waals surface area contributed by atoms with E-state index in [2.05, 4.69) is 31.1 Å². The molecule has 3 nitrogen and oxygen atoms in total. The third-order valence-corrected chi connectivity index (χ3v) is 7.10. The minimum Gasteiger partial charge on any atom is -0.387 e. The Morgan fingerprint density at radius 2 is 1.81 bits per heavy atom. The van der Waals surface area contributed by atoms with Crippen LogP contribution in [-0.4, -0.2) is 22.7 Å². The number of benzene rings is 1. The molecule has 1 heterocycles. The van der Waals surface area contributed by atoms with Gasteiger partial charge in [-0.25, -0.2) is 4.98 Å². The zero-order valence-electron chi connectivity index (χ0n) is 18.4. The smallest absolute Gasteiger partial charge is 0.387 e. The summed E-state index contributed by atoms with van der Waals surface area (Å²) in [7, 11) is 0. The van der Waals surface area contributed by atoms with Gasteiger partial charge in [0.2, 0.25) is 0 Å². The average Bonchev–Trinajstić information content (AvgIpc) is 2.68. The molecule has 4 unspecified atom stereocenters. The van der Waals surface area contributed by atoms with Gasteiger partial charge in [-0.1, -0.05) is 39.3 Å². The minimum absolute atomic E-state index is 0.0108. The van der Waals surface area contributed by atoms with Crippen molar-refractivity contribution in [3.05, 3.63) is 41.1 Å². The molecule has 9 heteroatoms. The quantitative estimate of drug-likeness (QED) is 0.492. The molecule has 1 fully saturated rings. The molecule has 0 amide bonds. The first-order valence-electron chi connectivity index (χ1n) is 10.7. The van der Waals surface area contributed by atoms with Gasteiger partial charge in [-0.15, -0.1) is 0 Å². The molecule has 1 aromatic heterocycles. The van der Waals surface area contributed by atoms with E-state index in [1.165, 1.54) is 6.07 Å². The molecule has 0 bridgehead atoms. The molecule has 1 aromatic carbocycles. The van der Waals surface area contributed by atoms with Crippen LogP contribution in [0.2, 0.25) is 0 Å². The van der Waals surface area contributed by atoms with E-state index in [0.717, 1.165) is 18.9 Å². The third kappa shape index (κ3) is 4.59. The minimum atomic E-state index is -4.95. The Hall–Kier alpha value is -1.87. The van der Waals surface area contributed by atoms with E-state index in [4.69, 9.17) is 0 Å². The highest BCUT2D eigenvalue weighted by atomic mass is 19.4. The van der Waals surface area contributed by atoms with Crippen molar-refractivity contribution in [2.24, 2.45) is 17.3 Å². The van der Waals surface area contributed by atoms with Crippen LogP contribution >= 0.6 is 0 Å². The fraction of sp³-hybridized carbons (Fsp3) is 0.609. The number of aliphatic hydroxyl groups is 1. The van der Waals surface area contributed by atoms with Crippen LogP contribution in [-0.2, 0) is 12.4 Å². The van der Waals surface area contributed by atoms with Crippen LogP contribution in [0.15, 0.2) is 24.3 Å². The number of para-hydroxylation sites is 1. The second kappa shape index (κ2) is 8.48. The number of nitrogens with one attached hydrogen (secondary N) is 1. The average molecular weight is 462 g/mol. The summed E-state index contributed by atoms with van der Waals surface area (Å²) in [6, 6.07) is 3.67. The van der Waals surface area contributed by atoms with Crippen molar-refractivity contribution < 1.29 is 31.4 Å². The van der Waals surface area contributed by atoms with Gasteiger partial charge in [0.1, 0.15) is 5.69 Å². The van der Waals surface area contributed by atoms with Gasteiger partial charge in [0.25, 0.3) is 0 Å². The predicted octanol–water partition coefficient (Wildman–Crippen LogP) is 6.36. The first kappa shape index (κ1) is 24.8. The van der Waals surface area contributed by atoms with Gasteiger partial charge in [-0.3, -0.25) is 0 Å². The second-order valence-electron chi connectivity index (χ2n) is 9.28. The van der Waals surface area contributed by atoms with Gasteiger partial charge < -0.3 is 10.4 Å². The Morgan fingerprint density at radius 3 is 2.34 bits per heavy atom. The number of rotatable bonds is 6. The molecule has 4 atom stereocenters. The molecule has 3 rings (SSSR count). The predicted molar refractivity (Wildman–Crippen MR) is 110 cm³/mol. The lowest BCUT2D eigenvalue weighted by Gasteiger charge is -2.55. The second-order valence-corrected chi connectivity index (χ2v) is 9.28. The summed E-state index contributed by atoms with van der Waals surface area (Å²) in [5, 5.41) is 13.7. The lowest BCUT2D eigenvalue weighted by atomic mass is 9.52. The fourth-order valence-corrected chi connectivity index (χ4v) is 5.07. The fourth-order valence-electron chi connectivity index (χ4n) is 5.07. The molecule has 2 N–H and O–H groups in total. The number of halogens is 6. The van der Waals surface area contributed by atoms with E-state index in [1.54, 1.807) is 0 Å². The molecule has 1 saturated carbocycles. The number of aliphatic hydroxyl groups excluding tert-OH is 1. The molecule has 2 aromatic rings. The molecule has 32 heavy (non-hydrogen) atoms. The summed E-state index contributed by atoms with van der Waals surface area (Å²) < 4.78 is 80.3. The van der Waals surface area contributed by atoms with Gasteiger partial charge in [-0.2, -0.15) is 26.3 Å². The molecule has 0 spiro atoms. The third-order valence-electron chi connectivity index (χ3n) is 7.10. The Morgan fingerprint density at radius 1 is 1.16 bits per heavy atom. The van der Waals surface area contributed by atoms with Gasteiger partial charge in [0.15, 0.2) is 0 Å². The van der Waals surface area contributed by atoms with Crippen molar-refractivity contribution in [1.29, 1.82) is 0 Å². The van der Waals surface area contributed by atoms with Crippen LogP contribution in [0.4, 0.5) is 26.3 Å². The Kier molecular flexibility index (Phi) is 6.56. The molecule has 0 aliphatic heterocycles. The Labute approximate surface area is 183 Å². The van der Waals surface area contributed by atoms with E-state index in [9.17, 15) is 31.4 Å². The summed E-state index contributed by atoms with van der Waals surface area (Å²) in [6.45, 7) is 8.35. The zero-order valence-corrected chi connectivity index (χ0v) is 18.4. The molecule has 0 radical (unpaired) electrons. The van der Waals surface area contributed by atoms with Gasteiger partial charge in [0.05, 0.1) is 17.2 Å². The highest BCUT2D eigenvalue weighted by Gasteiger charge is 2.48. The van der Waals surface area contributed by atoms with Crippen molar-refractivity contribution in [3.8, 4) is 0 Å². The maximum atomic E-state index is 13.4. The number of aromatic nitrogens is 1. The maximum Gasteiger partial charge on any atom is 0.433 e. The van der Waals surface area contributed by atoms with Crippen molar-refractivity contribution in [3.63, 3.8) is 0 Å². The van der Waals surface area contributed by atoms with E-state index < -0.39 is 35.2 Å². The van der Waals surface area contributed by atoms with Crippen molar-refractivity contribution in [2.75, 3.05) is 6.54 Å². The van der Waals surface area contributed by atoms with Gasteiger partial charge >= 0.3 is 12.4 Å². The molecule has 1 aliphatic rings. The topological polar surface area (TPSA) is 45.1 Å². The highest BCUT2D eigenvalue weighted by Crippen LogP contribution is 2.54. The van der Waals surface area contributed by atoms with Crippen LogP contribution in [0.5, 0.6) is 0 Å². The summed E-state index contributed by atoms with van der Waals surface area (Å²) in [5.74, 6) is 0.914. The molecular formula is C23H28F6N2O. The van der Waals surface area contributed by atoms with Crippen molar-refractivity contribution in [2.45, 2.75) is 65.0 Å². The van der Waals surface area contributed by atoms with E-state index >= 15 is 0 Å². The summed E-state index contributed by atoms with van der Waals surface area (Å²) in [4.78, 5) is 3.26. The monoisotopic (exact) mass is 462 g/mol. The van der Waals surface area contributed by atoms with Crippen molar-refractivity contribution in [1.82, 2.24) is 10.3 Å². The number of hydrogen-bond acceptors (Lipinski definition) is 3. The van der Waals surface area contributed by atoms with E-state index in [1.807, 2.05) is 6.92 Å². The summed E-state index contributed by atoms with van der Waals surface area (Å²) >= 11 is 0. The standard InChI is InChI=1S/C23H28F6N2O/c1-5-13-9-17(21(13,3)4)12(2)30-11-18(32)15-10-19(23(27,28)29)31-20-14(15)7-6-8-16(20)22(24,25)26/h6-8,10,12-13,17-18,30,32H,5,9,11H2,1-4H3. The lowest BCUT2D eigenvalue weighted by Crippen LogP contribution is -2.53. The Bertz CT molecular complexity index is 969. The first-order valence-corrected chi connectivity index (χ1v) is 10.7. The van der Waals surface area contributed by atoms with Crippen LogP contribution in [0.1, 0.15) is 63.5 Å². The molecule has 0 saturated heterocycles. The van der Waals surface area contributed by atoms with Crippen LogP contribution in [0.3, 0.4) is 0 Å². The number of hydrogen-bond donors (Lipinski definition) is 2. The van der Waals surface area contributed by atoms with Gasteiger partial charge in [0, 0.05) is 18.0 Å². The largest absolute Gasteiger partial charge is 0.433 e. The van der Waals surface area contributed by atoms with Gasteiger partial charge in [-0.05, 0) is 48.3 Å². The number of alkyl halides is 6. The Balaban J connectivity index is 1.92. The maximum absolute atomic E-state index is 13.4. The lowest BCUT2D eigenvalue weighted by molar-refractivity contribution is -0.142. The molecule has 1 aliphatic carbocycles. The van der Waals surface area contributed by atoms with E-state index in [-0.39, 0.29) is 29.0 Å². The number of pyridine rings is 1. The summed E-state index contributed by atoms with van der Waals surface area (Å²) in [6.07, 6.45) is -9.19. The molecular weight excluding hydrogens is 434 g/mol. The van der Waals surface area contributed by atoms with Crippen LogP contribution < -0.4 is 5.32 Å². The SMILES string of the molecule is CCC1CC(C(C)NCC(O)c2cc(C(F)(F)F)nc3c(C(F)(F)F)cccc23)C1(C)C. The van der Waals surface area contributed by atoms with Crippen LogP contribution in [0.25, 0.3) is 10.9 Å². The van der Waals surface area contributed by atoms with E-state index in [0.29, 0.717) is 24.0 Å². The highest BCUT2D eigenvalue weighted by molar-refractivity contribution is 5.86. The first-order chi connectivity index (χ1) is 14.7. The number of fused-ring (bicyclic) bond motifs is 1. The van der Waals surface area contributed by atoms with Crippen LogP contribution in [0, 0.1) is 17.3 Å². The summed E-state index contributed by atoms with van der Waals surface area (Å²) in [5.41, 5.74) is -3.68. The van der Waals surface area contributed by atoms with Crippen molar-refractivity contribution >= 4 is 10.9 Å². The normalized spacial score (nSPS) is 23.1. The zero-order chi connectivity index (χ0) is 24.1. The number of nitrogens with zero attached hydrogens (tertiary/aromatic N) is 1.